The molecule has 0 bridgehead atoms. The zero-order valence-electron chi connectivity index (χ0n) is 11.8. The van der Waals surface area contributed by atoms with Crippen molar-refractivity contribution in [1.82, 2.24) is 9.97 Å². The number of aromatic nitrogens is 2. The molecule has 2 aromatic rings. The standard InChI is InChI=1S/C16H16BrN3O/c1-2-11-6-14(17)7-12-4-3-5-20(15(11)12)16(21)13-8-18-10-19-9-13/h6-10H,2-5H2,1H3. The lowest BCUT2D eigenvalue weighted by atomic mass is 9.96. The van der Waals surface area contributed by atoms with Gasteiger partial charge in [0.15, 0.2) is 0 Å². The van der Waals surface area contributed by atoms with Gasteiger partial charge in [0.05, 0.1) is 11.3 Å². The summed E-state index contributed by atoms with van der Waals surface area (Å²) in [6.07, 6.45) is 7.48. The predicted molar refractivity (Wildman–Crippen MR) is 85.5 cm³/mol. The molecule has 0 saturated heterocycles. The van der Waals surface area contributed by atoms with Crippen LogP contribution in [-0.4, -0.2) is 22.4 Å². The van der Waals surface area contributed by atoms with Gasteiger partial charge < -0.3 is 4.90 Å². The molecule has 2 heterocycles. The highest BCUT2D eigenvalue weighted by molar-refractivity contribution is 9.10. The number of halogens is 1. The number of fused-ring (bicyclic) bond motifs is 1. The second kappa shape index (κ2) is 5.93. The highest BCUT2D eigenvalue weighted by atomic mass is 79.9. The average molecular weight is 346 g/mol. The van der Waals surface area contributed by atoms with Gasteiger partial charge in [0.25, 0.3) is 5.91 Å². The molecule has 0 fully saturated rings. The Bertz CT molecular complexity index is 655. The van der Waals surface area contributed by atoms with E-state index in [2.05, 4.69) is 45.0 Å². The van der Waals surface area contributed by atoms with E-state index in [9.17, 15) is 4.79 Å². The van der Waals surface area contributed by atoms with Gasteiger partial charge in [0.2, 0.25) is 0 Å². The predicted octanol–water partition coefficient (Wildman–Crippen LogP) is 3.39. The van der Waals surface area contributed by atoms with Crippen molar-refractivity contribution in [2.24, 2.45) is 0 Å². The Labute approximate surface area is 132 Å². The fourth-order valence-electron chi connectivity index (χ4n) is 2.83. The number of amides is 1. The number of hydrogen-bond acceptors (Lipinski definition) is 3. The SMILES string of the molecule is CCc1cc(Br)cc2c1N(C(=O)c1cncnc1)CCC2. The molecule has 0 spiro atoms. The summed E-state index contributed by atoms with van der Waals surface area (Å²) in [4.78, 5) is 22.5. The fraction of sp³-hybridized carbons (Fsp3) is 0.312. The summed E-state index contributed by atoms with van der Waals surface area (Å²) in [6.45, 7) is 2.86. The van der Waals surface area contributed by atoms with Crippen LogP contribution in [0.2, 0.25) is 0 Å². The van der Waals surface area contributed by atoms with Gasteiger partial charge in [-0.2, -0.15) is 0 Å². The first-order valence-electron chi connectivity index (χ1n) is 7.09. The van der Waals surface area contributed by atoms with Crippen molar-refractivity contribution in [1.29, 1.82) is 0 Å². The van der Waals surface area contributed by atoms with Crippen molar-refractivity contribution in [2.75, 3.05) is 11.4 Å². The van der Waals surface area contributed by atoms with Gasteiger partial charge in [-0.1, -0.05) is 22.9 Å². The molecular formula is C16H16BrN3O. The molecule has 1 aliphatic heterocycles. The largest absolute Gasteiger partial charge is 0.308 e. The molecule has 1 aliphatic rings. The van der Waals surface area contributed by atoms with Crippen LogP contribution in [0.4, 0.5) is 5.69 Å². The van der Waals surface area contributed by atoms with Gasteiger partial charge in [0, 0.05) is 23.4 Å². The first-order valence-corrected chi connectivity index (χ1v) is 7.88. The van der Waals surface area contributed by atoms with Crippen LogP contribution in [0, 0.1) is 0 Å². The van der Waals surface area contributed by atoms with Crippen molar-refractivity contribution in [3.63, 3.8) is 0 Å². The van der Waals surface area contributed by atoms with E-state index in [0.717, 1.165) is 36.0 Å². The summed E-state index contributed by atoms with van der Waals surface area (Å²) in [5.74, 6) is -0.0198. The third kappa shape index (κ3) is 2.70. The van der Waals surface area contributed by atoms with Crippen LogP contribution in [-0.2, 0) is 12.8 Å². The lowest BCUT2D eigenvalue weighted by molar-refractivity contribution is 0.0984. The Morgan fingerprint density at radius 3 is 2.81 bits per heavy atom. The van der Waals surface area contributed by atoms with Gasteiger partial charge in [-0.3, -0.25) is 4.79 Å². The van der Waals surface area contributed by atoms with E-state index < -0.39 is 0 Å². The monoisotopic (exact) mass is 345 g/mol. The molecule has 1 aromatic heterocycles. The third-order valence-electron chi connectivity index (χ3n) is 3.76. The van der Waals surface area contributed by atoms with Crippen LogP contribution in [0.15, 0.2) is 35.3 Å². The molecular weight excluding hydrogens is 330 g/mol. The second-order valence-corrected chi connectivity index (χ2v) is 6.03. The molecule has 0 aliphatic carbocycles. The topological polar surface area (TPSA) is 46.1 Å². The molecule has 4 nitrogen and oxygen atoms in total. The molecule has 1 aromatic carbocycles. The molecule has 108 valence electrons. The second-order valence-electron chi connectivity index (χ2n) is 5.11. The van der Waals surface area contributed by atoms with Crippen molar-refractivity contribution in [3.05, 3.63) is 52.0 Å². The zero-order valence-corrected chi connectivity index (χ0v) is 13.4. The molecule has 0 N–H and O–H groups in total. The molecule has 21 heavy (non-hydrogen) atoms. The average Bonchev–Trinajstić information content (AvgIpc) is 2.53. The minimum atomic E-state index is -0.0198. The Morgan fingerprint density at radius 2 is 2.10 bits per heavy atom. The summed E-state index contributed by atoms with van der Waals surface area (Å²) < 4.78 is 1.08. The van der Waals surface area contributed by atoms with Crippen molar-refractivity contribution in [2.45, 2.75) is 26.2 Å². The van der Waals surface area contributed by atoms with Crippen molar-refractivity contribution < 1.29 is 4.79 Å². The number of nitrogens with zero attached hydrogens (tertiary/aromatic N) is 3. The first kappa shape index (κ1) is 14.2. The summed E-state index contributed by atoms with van der Waals surface area (Å²) in [5.41, 5.74) is 4.04. The lowest BCUT2D eigenvalue weighted by Crippen LogP contribution is -2.36. The van der Waals surface area contributed by atoms with Gasteiger partial charge in [-0.25, -0.2) is 9.97 Å². The number of aryl methyl sites for hydroxylation is 2. The van der Waals surface area contributed by atoms with Crippen LogP contribution < -0.4 is 4.90 Å². The third-order valence-corrected chi connectivity index (χ3v) is 4.22. The Balaban J connectivity index is 2.06. The molecule has 0 saturated carbocycles. The number of rotatable bonds is 2. The van der Waals surface area contributed by atoms with E-state index in [4.69, 9.17) is 0 Å². The van der Waals surface area contributed by atoms with Crippen molar-refractivity contribution >= 4 is 27.5 Å². The van der Waals surface area contributed by atoms with Gasteiger partial charge in [-0.05, 0) is 42.5 Å². The van der Waals surface area contributed by atoms with Crippen molar-refractivity contribution in [3.8, 4) is 0 Å². The molecule has 5 heteroatoms. The summed E-state index contributed by atoms with van der Waals surface area (Å²) in [6, 6.07) is 4.22. The molecule has 0 atom stereocenters. The summed E-state index contributed by atoms with van der Waals surface area (Å²) in [5, 5.41) is 0. The van der Waals surface area contributed by atoms with Crippen LogP contribution >= 0.6 is 15.9 Å². The Morgan fingerprint density at radius 1 is 1.33 bits per heavy atom. The maximum atomic E-state index is 12.7. The molecule has 1 amide bonds. The number of benzene rings is 1. The summed E-state index contributed by atoms with van der Waals surface area (Å²) in [7, 11) is 0. The van der Waals surface area contributed by atoms with E-state index in [1.165, 1.54) is 17.5 Å². The van der Waals surface area contributed by atoms with Gasteiger partial charge in [-0.15, -0.1) is 0 Å². The van der Waals surface area contributed by atoms with Gasteiger partial charge in [0.1, 0.15) is 6.33 Å². The number of carbonyl (C=O) groups is 1. The van der Waals surface area contributed by atoms with E-state index in [1.807, 2.05) is 4.90 Å². The highest BCUT2D eigenvalue weighted by Crippen LogP contribution is 2.35. The maximum absolute atomic E-state index is 12.7. The van der Waals surface area contributed by atoms with Crippen LogP contribution in [0.3, 0.4) is 0 Å². The smallest absolute Gasteiger partial charge is 0.261 e. The number of carbonyl (C=O) groups excluding carboxylic acids is 1. The highest BCUT2D eigenvalue weighted by Gasteiger charge is 2.26. The fourth-order valence-corrected chi connectivity index (χ4v) is 3.38. The Hall–Kier alpha value is -1.75. The van der Waals surface area contributed by atoms with E-state index in [1.54, 1.807) is 12.4 Å². The maximum Gasteiger partial charge on any atom is 0.261 e. The Kier molecular flexibility index (Phi) is 4.01. The van der Waals surface area contributed by atoms with E-state index in [-0.39, 0.29) is 5.91 Å². The van der Waals surface area contributed by atoms with E-state index in [0.29, 0.717) is 5.56 Å². The van der Waals surface area contributed by atoms with Gasteiger partial charge >= 0.3 is 0 Å². The molecule has 0 radical (unpaired) electrons. The molecule has 3 rings (SSSR count). The van der Waals surface area contributed by atoms with Crippen LogP contribution in [0.5, 0.6) is 0 Å². The number of anilines is 1. The van der Waals surface area contributed by atoms with E-state index >= 15 is 0 Å². The molecule has 0 unspecified atom stereocenters. The number of hydrogen-bond donors (Lipinski definition) is 0. The van der Waals surface area contributed by atoms with Crippen LogP contribution in [0.25, 0.3) is 0 Å². The lowest BCUT2D eigenvalue weighted by Gasteiger charge is -2.31. The normalized spacial score (nSPS) is 13.9. The van der Waals surface area contributed by atoms with Crippen LogP contribution in [0.1, 0.15) is 34.8 Å². The quantitative estimate of drug-likeness (QED) is 0.837. The summed E-state index contributed by atoms with van der Waals surface area (Å²) >= 11 is 3.56. The minimum Gasteiger partial charge on any atom is -0.308 e. The first-order chi connectivity index (χ1) is 10.2. The minimum absolute atomic E-state index is 0.0198. The zero-order chi connectivity index (χ0) is 14.8.